The molecular formula is C13H14FN3O2S. The maximum atomic E-state index is 14.0. The van der Waals surface area contributed by atoms with Crippen molar-refractivity contribution in [3.63, 3.8) is 0 Å². The summed E-state index contributed by atoms with van der Waals surface area (Å²) < 4.78 is 15.6. The lowest BCUT2D eigenvalue weighted by atomic mass is 10.1. The second-order valence-corrected chi connectivity index (χ2v) is 5.83. The van der Waals surface area contributed by atoms with Crippen LogP contribution in [0.25, 0.3) is 0 Å². The number of halogens is 1. The minimum Gasteiger partial charge on any atom is -0.389 e. The molecule has 1 aromatic carbocycles. The predicted molar refractivity (Wildman–Crippen MR) is 72.3 cm³/mol. The molecule has 1 atom stereocenters. The van der Waals surface area contributed by atoms with Gasteiger partial charge < -0.3 is 5.11 Å². The van der Waals surface area contributed by atoms with Gasteiger partial charge in [-0.05, 0) is 43.2 Å². The smallest absolute Gasteiger partial charge is 0.344 e. The molecule has 1 unspecified atom stereocenters. The van der Waals surface area contributed by atoms with Crippen LogP contribution in [0.2, 0.25) is 0 Å². The van der Waals surface area contributed by atoms with Crippen LogP contribution >= 0.6 is 11.8 Å². The third-order valence-corrected chi connectivity index (χ3v) is 4.33. The zero-order valence-corrected chi connectivity index (χ0v) is 11.7. The van der Waals surface area contributed by atoms with Crippen LogP contribution in [0.3, 0.4) is 0 Å². The molecule has 0 spiro atoms. The van der Waals surface area contributed by atoms with E-state index in [1.807, 2.05) is 0 Å². The second kappa shape index (κ2) is 5.06. The molecule has 0 bridgehead atoms. The molecule has 5 nitrogen and oxygen atoms in total. The Morgan fingerprint density at radius 2 is 2.30 bits per heavy atom. The highest BCUT2D eigenvalue weighted by atomic mass is 32.2. The van der Waals surface area contributed by atoms with Gasteiger partial charge in [-0.25, -0.2) is 14.3 Å². The summed E-state index contributed by atoms with van der Waals surface area (Å²) in [5.41, 5.74) is 0.220. The molecule has 0 radical (unpaired) electrons. The highest BCUT2D eigenvalue weighted by Crippen LogP contribution is 2.39. The first-order valence-electron chi connectivity index (χ1n) is 6.39. The van der Waals surface area contributed by atoms with Crippen molar-refractivity contribution in [2.75, 3.05) is 0 Å². The van der Waals surface area contributed by atoms with E-state index in [1.54, 1.807) is 23.6 Å². The van der Waals surface area contributed by atoms with Gasteiger partial charge >= 0.3 is 5.69 Å². The Labute approximate surface area is 118 Å². The molecular weight excluding hydrogens is 281 g/mol. The van der Waals surface area contributed by atoms with Crippen molar-refractivity contribution in [3.8, 4) is 0 Å². The van der Waals surface area contributed by atoms with E-state index in [0.717, 1.165) is 24.6 Å². The molecule has 1 aromatic heterocycles. The molecule has 1 fully saturated rings. The zero-order valence-electron chi connectivity index (χ0n) is 10.8. The van der Waals surface area contributed by atoms with Crippen LogP contribution in [0.15, 0.2) is 33.0 Å². The number of rotatable bonds is 4. The molecule has 1 aliphatic rings. The zero-order chi connectivity index (χ0) is 14.3. The summed E-state index contributed by atoms with van der Waals surface area (Å²) in [4.78, 5) is 12.0. The van der Waals surface area contributed by atoms with Gasteiger partial charge in [0.2, 0.25) is 0 Å². The van der Waals surface area contributed by atoms with Gasteiger partial charge in [0.25, 0.3) is 0 Å². The van der Waals surface area contributed by atoms with E-state index in [0.29, 0.717) is 15.6 Å². The van der Waals surface area contributed by atoms with Gasteiger partial charge in [-0.3, -0.25) is 4.57 Å². The van der Waals surface area contributed by atoms with Crippen molar-refractivity contribution < 1.29 is 9.50 Å². The van der Waals surface area contributed by atoms with E-state index in [1.165, 1.54) is 6.07 Å². The Kier molecular flexibility index (Phi) is 3.39. The van der Waals surface area contributed by atoms with Gasteiger partial charge in [-0.2, -0.15) is 0 Å². The molecule has 1 heterocycles. The van der Waals surface area contributed by atoms with Gasteiger partial charge in [0, 0.05) is 6.04 Å². The first-order valence-corrected chi connectivity index (χ1v) is 7.21. The SMILES string of the molecule is CC(O)c1cccc(F)c1Sc1n[nH]c(=O)n1C1CC1. The summed E-state index contributed by atoms with van der Waals surface area (Å²) in [6.45, 7) is 1.58. The van der Waals surface area contributed by atoms with Gasteiger partial charge in [-0.1, -0.05) is 12.1 Å². The van der Waals surface area contributed by atoms with E-state index in [4.69, 9.17) is 0 Å². The summed E-state index contributed by atoms with van der Waals surface area (Å²) >= 11 is 1.07. The Balaban J connectivity index is 2.02. The van der Waals surface area contributed by atoms with Crippen LogP contribution in [0.1, 0.15) is 37.5 Å². The minimum absolute atomic E-state index is 0.158. The normalized spacial score (nSPS) is 16.4. The molecule has 0 saturated heterocycles. The number of aliphatic hydroxyl groups is 1. The second-order valence-electron chi connectivity index (χ2n) is 4.85. The molecule has 2 aromatic rings. The van der Waals surface area contributed by atoms with Crippen molar-refractivity contribution in [2.24, 2.45) is 0 Å². The van der Waals surface area contributed by atoms with Crippen molar-refractivity contribution in [3.05, 3.63) is 40.1 Å². The molecule has 2 N–H and O–H groups in total. The summed E-state index contributed by atoms with van der Waals surface area (Å²) in [7, 11) is 0. The van der Waals surface area contributed by atoms with Gasteiger partial charge in [0.05, 0.1) is 11.0 Å². The quantitative estimate of drug-likeness (QED) is 0.907. The highest BCUT2D eigenvalue weighted by Gasteiger charge is 2.29. The number of aliphatic hydroxyl groups excluding tert-OH is 1. The van der Waals surface area contributed by atoms with E-state index >= 15 is 0 Å². The number of aromatic amines is 1. The van der Waals surface area contributed by atoms with Crippen LogP contribution < -0.4 is 5.69 Å². The van der Waals surface area contributed by atoms with Crippen LogP contribution in [-0.4, -0.2) is 19.9 Å². The fourth-order valence-electron chi connectivity index (χ4n) is 2.07. The standard InChI is InChI=1S/C13H14FN3O2S/c1-7(18)9-3-2-4-10(14)11(9)20-13-16-15-12(19)17(13)8-5-6-8/h2-4,7-8,18H,5-6H2,1H3,(H,15,19). The third kappa shape index (κ3) is 2.38. The average molecular weight is 295 g/mol. The molecule has 20 heavy (non-hydrogen) atoms. The molecule has 0 aliphatic heterocycles. The lowest BCUT2D eigenvalue weighted by molar-refractivity contribution is 0.195. The average Bonchev–Trinajstić information content (AvgIpc) is 3.17. The lowest BCUT2D eigenvalue weighted by Crippen LogP contribution is -2.16. The summed E-state index contributed by atoms with van der Waals surface area (Å²) in [5.74, 6) is -0.425. The number of benzene rings is 1. The largest absolute Gasteiger partial charge is 0.389 e. The Morgan fingerprint density at radius 3 is 2.95 bits per heavy atom. The Bertz CT molecular complexity index is 691. The molecule has 3 rings (SSSR count). The van der Waals surface area contributed by atoms with Gasteiger partial charge in [0.15, 0.2) is 5.16 Å². The summed E-state index contributed by atoms with van der Waals surface area (Å²) in [5, 5.41) is 16.5. The van der Waals surface area contributed by atoms with Gasteiger partial charge in [0.1, 0.15) is 5.82 Å². The number of nitrogens with zero attached hydrogens (tertiary/aromatic N) is 2. The Hall–Kier alpha value is -1.60. The number of hydrogen-bond acceptors (Lipinski definition) is 4. The minimum atomic E-state index is -0.784. The van der Waals surface area contributed by atoms with E-state index in [9.17, 15) is 14.3 Å². The number of H-pyrrole nitrogens is 1. The maximum absolute atomic E-state index is 14.0. The summed E-state index contributed by atoms with van der Waals surface area (Å²) in [6, 6.07) is 4.72. The van der Waals surface area contributed by atoms with Crippen LogP contribution in [0, 0.1) is 5.82 Å². The first kappa shape index (κ1) is 13.4. The fraction of sp³-hybridized carbons (Fsp3) is 0.385. The van der Waals surface area contributed by atoms with E-state index in [2.05, 4.69) is 10.2 Å². The summed E-state index contributed by atoms with van der Waals surface area (Å²) in [6.07, 6.45) is 1.09. The third-order valence-electron chi connectivity index (χ3n) is 3.22. The highest BCUT2D eigenvalue weighted by molar-refractivity contribution is 7.99. The fourth-order valence-corrected chi connectivity index (χ4v) is 3.20. The molecule has 1 saturated carbocycles. The predicted octanol–water partition coefficient (Wildman–Crippen LogP) is 2.25. The van der Waals surface area contributed by atoms with Crippen molar-refractivity contribution in [1.29, 1.82) is 0 Å². The van der Waals surface area contributed by atoms with Crippen molar-refractivity contribution in [2.45, 2.75) is 42.0 Å². The van der Waals surface area contributed by atoms with E-state index in [-0.39, 0.29) is 11.7 Å². The van der Waals surface area contributed by atoms with Crippen LogP contribution in [-0.2, 0) is 0 Å². The lowest BCUT2D eigenvalue weighted by Gasteiger charge is -2.12. The van der Waals surface area contributed by atoms with Crippen LogP contribution in [0.5, 0.6) is 0 Å². The van der Waals surface area contributed by atoms with E-state index < -0.39 is 11.9 Å². The maximum Gasteiger partial charge on any atom is 0.344 e. The molecule has 1 aliphatic carbocycles. The van der Waals surface area contributed by atoms with Crippen molar-refractivity contribution in [1.82, 2.24) is 14.8 Å². The molecule has 7 heteroatoms. The number of aromatic nitrogens is 3. The molecule has 106 valence electrons. The van der Waals surface area contributed by atoms with Crippen molar-refractivity contribution >= 4 is 11.8 Å². The van der Waals surface area contributed by atoms with Crippen LogP contribution in [0.4, 0.5) is 4.39 Å². The first-order chi connectivity index (χ1) is 9.58. The number of hydrogen-bond donors (Lipinski definition) is 2. The topological polar surface area (TPSA) is 70.9 Å². The Morgan fingerprint density at radius 1 is 1.55 bits per heavy atom. The number of nitrogens with one attached hydrogen (secondary N) is 1. The van der Waals surface area contributed by atoms with Gasteiger partial charge in [-0.15, -0.1) is 5.10 Å². The molecule has 0 amide bonds. The monoisotopic (exact) mass is 295 g/mol.